The minimum Gasteiger partial charge on any atom is -0.351 e. The van der Waals surface area contributed by atoms with Gasteiger partial charge in [0.1, 0.15) is 0 Å². The van der Waals surface area contributed by atoms with Crippen LogP contribution in [-0.4, -0.2) is 39.3 Å². The zero-order valence-electron chi connectivity index (χ0n) is 13.7. The van der Waals surface area contributed by atoms with Crippen molar-refractivity contribution in [1.29, 1.82) is 0 Å². The Kier molecular flexibility index (Phi) is 5.35. The van der Waals surface area contributed by atoms with Gasteiger partial charge in [0, 0.05) is 32.9 Å². The number of hydrogen-bond acceptors (Lipinski definition) is 4. The normalized spacial score (nSPS) is 11.1. The van der Waals surface area contributed by atoms with Gasteiger partial charge in [-0.15, -0.1) is 0 Å². The van der Waals surface area contributed by atoms with Crippen molar-refractivity contribution in [3.63, 3.8) is 0 Å². The minimum atomic E-state index is -0.117. The number of carbonyl (C=O) groups excluding carboxylic acids is 1. The van der Waals surface area contributed by atoms with E-state index in [9.17, 15) is 4.79 Å². The number of carbonyl (C=O) groups is 1. The van der Waals surface area contributed by atoms with E-state index in [2.05, 4.69) is 24.1 Å². The van der Waals surface area contributed by atoms with E-state index in [0.29, 0.717) is 18.2 Å². The summed E-state index contributed by atoms with van der Waals surface area (Å²) < 4.78 is 6.95. The average Bonchev–Trinajstić information content (AvgIpc) is 3.06. The van der Waals surface area contributed by atoms with Crippen molar-refractivity contribution < 1.29 is 9.32 Å². The summed E-state index contributed by atoms with van der Waals surface area (Å²) in [6.07, 6.45) is 6.47. The molecule has 0 fully saturated rings. The Morgan fingerprint density at radius 2 is 2.23 bits per heavy atom. The van der Waals surface area contributed by atoms with Crippen molar-refractivity contribution in [2.24, 2.45) is 13.0 Å². The molecule has 0 saturated heterocycles. The lowest BCUT2D eigenvalue weighted by molar-refractivity contribution is 0.0752. The standard InChI is InChI=1S/C16H24N4O2/c1-12(2)8-14-9-15(22-18-14)16(21)19(3)7-5-6-13-10-17-20(4)11-13/h9-12H,5-8H2,1-4H3. The SMILES string of the molecule is CC(C)Cc1cc(C(=O)N(C)CCCc2cnn(C)c2)on1. The molecule has 6 heteroatoms. The number of amides is 1. The highest BCUT2D eigenvalue weighted by Gasteiger charge is 2.17. The molecule has 0 aliphatic carbocycles. The first-order chi connectivity index (χ1) is 10.5. The predicted octanol–water partition coefficient (Wildman–Crippen LogP) is 2.31. The van der Waals surface area contributed by atoms with Gasteiger partial charge in [-0.05, 0) is 30.7 Å². The third-order valence-electron chi connectivity index (χ3n) is 3.45. The Morgan fingerprint density at radius 1 is 1.45 bits per heavy atom. The molecule has 2 rings (SSSR count). The fourth-order valence-electron chi connectivity index (χ4n) is 2.34. The van der Waals surface area contributed by atoms with Crippen LogP contribution in [0.1, 0.15) is 42.1 Å². The smallest absolute Gasteiger partial charge is 0.292 e. The maximum Gasteiger partial charge on any atom is 0.292 e. The molecule has 0 N–H and O–H groups in total. The zero-order chi connectivity index (χ0) is 16.1. The molecule has 0 spiro atoms. The molecule has 2 heterocycles. The summed E-state index contributed by atoms with van der Waals surface area (Å²) >= 11 is 0. The quantitative estimate of drug-likeness (QED) is 0.787. The summed E-state index contributed by atoms with van der Waals surface area (Å²) in [7, 11) is 3.69. The van der Waals surface area contributed by atoms with Crippen molar-refractivity contribution >= 4 is 5.91 Å². The van der Waals surface area contributed by atoms with E-state index in [1.807, 2.05) is 19.4 Å². The van der Waals surface area contributed by atoms with Gasteiger partial charge in [0.25, 0.3) is 5.91 Å². The molecular formula is C16H24N4O2. The molecule has 0 aromatic carbocycles. The first-order valence-corrected chi connectivity index (χ1v) is 7.64. The molecule has 2 aromatic heterocycles. The van der Waals surface area contributed by atoms with Crippen LogP contribution in [0.4, 0.5) is 0 Å². The molecular weight excluding hydrogens is 280 g/mol. The number of rotatable bonds is 7. The van der Waals surface area contributed by atoms with Gasteiger partial charge in [-0.25, -0.2) is 0 Å². The summed E-state index contributed by atoms with van der Waals surface area (Å²) in [5.41, 5.74) is 2.02. The van der Waals surface area contributed by atoms with Crippen LogP contribution in [0.2, 0.25) is 0 Å². The van der Waals surface area contributed by atoms with Crippen molar-refractivity contribution in [3.8, 4) is 0 Å². The van der Waals surface area contributed by atoms with Crippen LogP contribution in [-0.2, 0) is 19.9 Å². The van der Waals surface area contributed by atoms with Crippen LogP contribution in [0.5, 0.6) is 0 Å². The van der Waals surface area contributed by atoms with E-state index in [1.165, 1.54) is 5.56 Å². The topological polar surface area (TPSA) is 64.2 Å². The highest BCUT2D eigenvalue weighted by molar-refractivity contribution is 5.91. The summed E-state index contributed by atoms with van der Waals surface area (Å²) in [5, 5.41) is 8.09. The molecule has 0 saturated carbocycles. The lowest BCUT2D eigenvalue weighted by Gasteiger charge is -2.14. The van der Waals surface area contributed by atoms with E-state index in [-0.39, 0.29) is 5.91 Å². The van der Waals surface area contributed by atoms with Crippen molar-refractivity contribution in [1.82, 2.24) is 19.8 Å². The Balaban J connectivity index is 1.82. The summed E-state index contributed by atoms with van der Waals surface area (Å²) in [5.74, 6) is 0.693. The predicted molar refractivity (Wildman–Crippen MR) is 83.5 cm³/mol. The van der Waals surface area contributed by atoms with E-state index in [4.69, 9.17) is 4.52 Å². The van der Waals surface area contributed by atoms with Crippen LogP contribution in [0.15, 0.2) is 23.0 Å². The maximum absolute atomic E-state index is 12.3. The van der Waals surface area contributed by atoms with Gasteiger partial charge in [-0.2, -0.15) is 5.10 Å². The van der Waals surface area contributed by atoms with E-state index < -0.39 is 0 Å². The van der Waals surface area contributed by atoms with Crippen LogP contribution in [0.3, 0.4) is 0 Å². The molecule has 0 unspecified atom stereocenters. The van der Waals surface area contributed by atoms with Crippen LogP contribution in [0.25, 0.3) is 0 Å². The van der Waals surface area contributed by atoms with Gasteiger partial charge < -0.3 is 9.42 Å². The van der Waals surface area contributed by atoms with E-state index in [0.717, 1.165) is 25.0 Å². The lowest BCUT2D eigenvalue weighted by Crippen LogP contribution is -2.27. The van der Waals surface area contributed by atoms with Crippen molar-refractivity contribution in [2.75, 3.05) is 13.6 Å². The number of aromatic nitrogens is 3. The van der Waals surface area contributed by atoms with Gasteiger partial charge in [0.15, 0.2) is 0 Å². The van der Waals surface area contributed by atoms with Gasteiger partial charge >= 0.3 is 0 Å². The first-order valence-electron chi connectivity index (χ1n) is 7.64. The van der Waals surface area contributed by atoms with Gasteiger partial charge in [0.2, 0.25) is 5.76 Å². The highest BCUT2D eigenvalue weighted by Crippen LogP contribution is 2.11. The number of nitrogens with zero attached hydrogens (tertiary/aromatic N) is 4. The minimum absolute atomic E-state index is 0.117. The molecule has 2 aromatic rings. The Labute approximate surface area is 131 Å². The second kappa shape index (κ2) is 7.24. The summed E-state index contributed by atoms with van der Waals surface area (Å²) in [4.78, 5) is 13.9. The molecule has 6 nitrogen and oxygen atoms in total. The van der Waals surface area contributed by atoms with E-state index in [1.54, 1.807) is 22.7 Å². The molecule has 0 aliphatic heterocycles. The van der Waals surface area contributed by atoms with Crippen LogP contribution < -0.4 is 0 Å². The number of aryl methyl sites for hydroxylation is 2. The first kappa shape index (κ1) is 16.3. The molecule has 0 radical (unpaired) electrons. The van der Waals surface area contributed by atoms with Crippen LogP contribution >= 0.6 is 0 Å². The van der Waals surface area contributed by atoms with Gasteiger partial charge in [-0.1, -0.05) is 19.0 Å². The maximum atomic E-state index is 12.3. The summed E-state index contributed by atoms with van der Waals surface area (Å²) in [6, 6.07) is 1.75. The molecule has 1 amide bonds. The fraction of sp³-hybridized carbons (Fsp3) is 0.562. The van der Waals surface area contributed by atoms with Crippen molar-refractivity contribution in [3.05, 3.63) is 35.5 Å². The molecule has 0 bridgehead atoms. The summed E-state index contributed by atoms with van der Waals surface area (Å²) in [6.45, 7) is 4.90. The molecule has 0 aliphatic rings. The lowest BCUT2D eigenvalue weighted by atomic mass is 10.1. The third kappa shape index (κ3) is 4.44. The highest BCUT2D eigenvalue weighted by atomic mass is 16.5. The average molecular weight is 304 g/mol. The Bertz CT molecular complexity index is 615. The van der Waals surface area contributed by atoms with Crippen LogP contribution in [0, 0.1) is 5.92 Å². The zero-order valence-corrected chi connectivity index (χ0v) is 13.7. The molecule has 0 atom stereocenters. The Hall–Kier alpha value is -2.11. The largest absolute Gasteiger partial charge is 0.351 e. The van der Waals surface area contributed by atoms with Gasteiger partial charge in [-0.3, -0.25) is 9.48 Å². The fourth-order valence-corrected chi connectivity index (χ4v) is 2.34. The molecule has 22 heavy (non-hydrogen) atoms. The third-order valence-corrected chi connectivity index (χ3v) is 3.45. The van der Waals surface area contributed by atoms with E-state index >= 15 is 0 Å². The van der Waals surface area contributed by atoms with Gasteiger partial charge in [0.05, 0.1) is 11.9 Å². The molecule has 120 valence electrons. The van der Waals surface area contributed by atoms with Crippen molar-refractivity contribution in [2.45, 2.75) is 33.1 Å². The Morgan fingerprint density at radius 3 is 2.86 bits per heavy atom. The number of hydrogen-bond donors (Lipinski definition) is 0. The second-order valence-electron chi connectivity index (χ2n) is 6.13. The monoisotopic (exact) mass is 304 g/mol. The second-order valence-corrected chi connectivity index (χ2v) is 6.13.